The SMILES string of the molecule is CCOc1ccc2nc(N3C(=O)C(=O)/C(=C(/O)c4ccc(F)cc4)C3c3cccc(OCCC(C)C)c3)sc2c1. The molecule has 9 heteroatoms. The Morgan fingerprint density at radius 2 is 1.80 bits per heavy atom. The number of ether oxygens (including phenoxy) is 2. The maximum absolute atomic E-state index is 13.6. The van der Waals surface area contributed by atoms with E-state index in [1.807, 2.05) is 19.1 Å². The first-order valence-corrected chi connectivity index (χ1v) is 13.9. The van der Waals surface area contributed by atoms with Crippen LogP contribution in [-0.2, 0) is 9.59 Å². The molecule has 5 rings (SSSR count). The number of carbonyl (C=O) groups is 2. The predicted molar refractivity (Wildman–Crippen MR) is 153 cm³/mol. The molecule has 1 unspecified atom stereocenters. The Balaban J connectivity index is 1.64. The molecule has 1 aliphatic heterocycles. The van der Waals surface area contributed by atoms with E-state index in [0.717, 1.165) is 11.1 Å². The van der Waals surface area contributed by atoms with Crippen molar-refractivity contribution >= 4 is 44.1 Å². The smallest absolute Gasteiger partial charge is 0.301 e. The van der Waals surface area contributed by atoms with Gasteiger partial charge in [0.05, 0.1) is 35.0 Å². The second-order valence-corrected chi connectivity index (χ2v) is 10.8. The lowest BCUT2D eigenvalue weighted by Crippen LogP contribution is -2.29. The molecule has 206 valence electrons. The van der Waals surface area contributed by atoms with Crippen molar-refractivity contribution in [2.45, 2.75) is 33.2 Å². The third-order valence-corrected chi connectivity index (χ3v) is 7.58. The zero-order valence-corrected chi connectivity index (χ0v) is 23.2. The maximum Gasteiger partial charge on any atom is 0.301 e. The van der Waals surface area contributed by atoms with Crippen molar-refractivity contribution in [1.29, 1.82) is 0 Å². The molecule has 1 saturated heterocycles. The number of aromatic nitrogens is 1. The lowest BCUT2D eigenvalue weighted by Gasteiger charge is -2.23. The van der Waals surface area contributed by atoms with Gasteiger partial charge in [0.15, 0.2) is 5.13 Å². The molecule has 0 saturated carbocycles. The fraction of sp³-hybridized carbons (Fsp3) is 0.258. The molecule has 1 atom stereocenters. The van der Waals surface area contributed by atoms with Crippen molar-refractivity contribution in [3.8, 4) is 11.5 Å². The number of ketones is 1. The van der Waals surface area contributed by atoms with Gasteiger partial charge in [0.25, 0.3) is 5.78 Å². The van der Waals surface area contributed by atoms with Crippen LogP contribution >= 0.6 is 11.3 Å². The molecular formula is C31H29FN2O5S. The summed E-state index contributed by atoms with van der Waals surface area (Å²) in [7, 11) is 0. The highest BCUT2D eigenvalue weighted by Gasteiger charge is 2.48. The van der Waals surface area contributed by atoms with Crippen LogP contribution in [0.25, 0.3) is 16.0 Å². The van der Waals surface area contributed by atoms with Gasteiger partial charge < -0.3 is 14.6 Å². The van der Waals surface area contributed by atoms with Gasteiger partial charge in [-0.2, -0.15) is 0 Å². The van der Waals surface area contributed by atoms with Gasteiger partial charge in [-0.1, -0.05) is 37.3 Å². The second-order valence-electron chi connectivity index (χ2n) is 9.84. The average Bonchev–Trinajstić information content (AvgIpc) is 3.46. The van der Waals surface area contributed by atoms with Crippen LogP contribution in [0.3, 0.4) is 0 Å². The number of nitrogens with zero attached hydrogens (tertiary/aromatic N) is 2. The van der Waals surface area contributed by atoms with Gasteiger partial charge in [-0.3, -0.25) is 14.5 Å². The zero-order chi connectivity index (χ0) is 28.4. The normalized spacial score (nSPS) is 16.7. The van der Waals surface area contributed by atoms with Crippen LogP contribution < -0.4 is 14.4 Å². The molecule has 0 spiro atoms. The molecule has 0 radical (unpaired) electrons. The summed E-state index contributed by atoms with van der Waals surface area (Å²) in [5, 5.41) is 11.6. The number of hydrogen-bond acceptors (Lipinski definition) is 7. The maximum atomic E-state index is 13.6. The zero-order valence-electron chi connectivity index (χ0n) is 22.4. The van der Waals surface area contributed by atoms with Crippen LogP contribution in [-0.4, -0.2) is 35.0 Å². The van der Waals surface area contributed by atoms with E-state index in [-0.39, 0.29) is 11.1 Å². The molecule has 2 heterocycles. The summed E-state index contributed by atoms with van der Waals surface area (Å²) < 4.78 is 26.0. The number of aliphatic hydroxyl groups is 1. The Labute approximate surface area is 235 Å². The van der Waals surface area contributed by atoms with Crippen LogP contribution in [0.15, 0.2) is 72.3 Å². The number of halogens is 1. The average molecular weight is 561 g/mol. The Morgan fingerprint density at radius 1 is 1.05 bits per heavy atom. The van der Waals surface area contributed by atoms with Crippen LogP contribution in [0.2, 0.25) is 0 Å². The summed E-state index contributed by atoms with van der Waals surface area (Å²) in [6.07, 6.45) is 0.864. The van der Waals surface area contributed by atoms with Gasteiger partial charge in [0.1, 0.15) is 23.1 Å². The number of benzene rings is 3. The first kappa shape index (κ1) is 27.3. The van der Waals surface area contributed by atoms with Gasteiger partial charge in [0.2, 0.25) is 0 Å². The van der Waals surface area contributed by atoms with E-state index >= 15 is 0 Å². The fourth-order valence-electron chi connectivity index (χ4n) is 4.55. The largest absolute Gasteiger partial charge is 0.507 e. The molecule has 1 aliphatic rings. The number of aliphatic hydroxyl groups excluding tert-OH is 1. The second kappa shape index (κ2) is 11.5. The van der Waals surface area contributed by atoms with Gasteiger partial charge in [0, 0.05) is 5.56 Å². The Morgan fingerprint density at radius 3 is 2.52 bits per heavy atom. The molecule has 7 nitrogen and oxygen atoms in total. The number of Topliss-reactive ketones (excluding diaryl/α,β-unsaturated/α-hetero) is 1. The lowest BCUT2D eigenvalue weighted by atomic mass is 9.95. The summed E-state index contributed by atoms with van der Waals surface area (Å²) in [5.74, 6) is -0.829. The van der Waals surface area contributed by atoms with Crippen LogP contribution in [0.4, 0.5) is 9.52 Å². The molecule has 1 fully saturated rings. The molecule has 1 aromatic heterocycles. The van der Waals surface area contributed by atoms with E-state index in [9.17, 15) is 19.1 Å². The summed E-state index contributed by atoms with van der Waals surface area (Å²) in [6.45, 7) is 7.13. The molecule has 4 aromatic rings. The summed E-state index contributed by atoms with van der Waals surface area (Å²) in [6, 6.07) is 16.7. The number of anilines is 1. The van der Waals surface area contributed by atoms with Gasteiger partial charge in [-0.15, -0.1) is 0 Å². The highest BCUT2D eigenvalue weighted by molar-refractivity contribution is 7.22. The Bertz CT molecular complexity index is 1600. The Hall–Kier alpha value is -4.24. The van der Waals surface area contributed by atoms with Crippen molar-refractivity contribution in [2.24, 2.45) is 5.92 Å². The molecule has 0 aliphatic carbocycles. The van der Waals surface area contributed by atoms with Crippen LogP contribution in [0.5, 0.6) is 11.5 Å². The summed E-state index contributed by atoms with van der Waals surface area (Å²) in [5.41, 5.74) is 1.33. The highest BCUT2D eigenvalue weighted by atomic mass is 32.1. The predicted octanol–water partition coefficient (Wildman–Crippen LogP) is 6.89. The highest BCUT2D eigenvalue weighted by Crippen LogP contribution is 2.45. The van der Waals surface area contributed by atoms with Crippen molar-refractivity contribution in [3.63, 3.8) is 0 Å². The summed E-state index contributed by atoms with van der Waals surface area (Å²) in [4.78, 5) is 33.0. The van der Waals surface area contributed by atoms with Crippen LogP contribution in [0, 0.1) is 11.7 Å². The monoisotopic (exact) mass is 560 g/mol. The van der Waals surface area contributed by atoms with Gasteiger partial charge in [-0.05, 0) is 79.4 Å². The topological polar surface area (TPSA) is 89.0 Å². The van der Waals surface area contributed by atoms with Gasteiger partial charge >= 0.3 is 5.91 Å². The molecule has 1 amide bonds. The first-order chi connectivity index (χ1) is 19.3. The number of hydrogen-bond donors (Lipinski definition) is 1. The standard InChI is InChI=1S/C31H29FN2O5S/c1-4-38-23-12-13-24-25(17-23)40-31(33-24)34-27(20-6-5-7-22(16-20)39-15-14-18(2)3)26(29(36)30(34)37)28(35)19-8-10-21(32)11-9-19/h5-13,16-18,27,35H,4,14-15H2,1-3H3/b28-26+. The number of rotatable bonds is 9. The Kier molecular flexibility index (Phi) is 7.84. The third-order valence-electron chi connectivity index (χ3n) is 6.57. The molecule has 0 bridgehead atoms. The number of carbonyl (C=O) groups excluding carboxylic acids is 2. The minimum atomic E-state index is -0.981. The van der Waals surface area contributed by atoms with E-state index in [0.29, 0.717) is 46.8 Å². The van der Waals surface area contributed by atoms with E-state index < -0.39 is 29.3 Å². The minimum absolute atomic E-state index is 0.106. The minimum Gasteiger partial charge on any atom is -0.507 e. The van der Waals surface area contributed by atoms with Crippen molar-refractivity contribution < 1.29 is 28.6 Å². The number of thiazole rings is 1. The van der Waals surface area contributed by atoms with E-state index in [1.165, 1.54) is 40.5 Å². The first-order valence-electron chi connectivity index (χ1n) is 13.1. The summed E-state index contributed by atoms with van der Waals surface area (Å²) >= 11 is 1.25. The number of fused-ring (bicyclic) bond motifs is 1. The van der Waals surface area contributed by atoms with Crippen molar-refractivity contribution in [3.05, 3.63) is 89.2 Å². The van der Waals surface area contributed by atoms with Crippen molar-refractivity contribution in [2.75, 3.05) is 18.1 Å². The fourth-order valence-corrected chi connectivity index (χ4v) is 5.57. The molecule has 1 N–H and O–H groups in total. The van der Waals surface area contributed by atoms with Crippen molar-refractivity contribution in [1.82, 2.24) is 4.98 Å². The van der Waals surface area contributed by atoms with E-state index in [2.05, 4.69) is 18.8 Å². The number of amides is 1. The molecule has 3 aromatic carbocycles. The van der Waals surface area contributed by atoms with Gasteiger partial charge in [-0.25, -0.2) is 9.37 Å². The lowest BCUT2D eigenvalue weighted by molar-refractivity contribution is -0.132. The third kappa shape index (κ3) is 5.42. The molecular weight excluding hydrogens is 531 g/mol. The van der Waals surface area contributed by atoms with E-state index in [4.69, 9.17) is 9.47 Å². The molecule has 40 heavy (non-hydrogen) atoms. The van der Waals surface area contributed by atoms with E-state index in [1.54, 1.807) is 30.3 Å². The van der Waals surface area contributed by atoms with Crippen LogP contribution in [0.1, 0.15) is 44.4 Å². The quantitative estimate of drug-likeness (QED) is 0.136.